The molecule has 1 aromatic heterocycles. The summed E-state index contributed by atoms with van der Waals surface area (Å²) in [5.74, 6) is -1.17. The van der Waals surface area contributed by atoms with Crippen LogP contribution in [0.3, 0.4) is 0 Å². The average molecular weight is 448 g/mol. The van der Waals surface area contributed by atoms with E-state index in [1.54, 1.807) is 18.3 Å². The van der Waals surface area contributed by atoms with Gasteiger partial charge >= 0.3 is 11.9 Å². The largest absolute Gasteiger partial charge is 0.474 e. The first-order valence-corrected chi connectivity index (χ1v) is 11.2. The molecule has 1 aromatic carbocycles. The molecule has 1 N–H and O–H groups in total. The van der Waals surface area contributed by atoms with Crippen LogP contribution in [0.25, 0.3) is 0 Å². The molecule has 0 radical (unpaired) electrons. The van der Waals surface area contributed by atoms with Gasteiger partial charge in [-0.05, 0) is 49.9 Å². The first-order valence-electron chi connectivity index (χ1n) is 9.76. The van der Waals surface area contributed by atoms with E-state index < -0.39 is 22.0 Å². The number of nitrogens with zero attached hydrogens (tertiary/aromatic N) is 1. The number of rotatable bonds is 8. The second-order valence-electron chi connectivity index (χ2n) is 7.05. The Morgan fingerprint density at radius 2 is 1.68 bits per heavy atom. The van der Waals surface area contributed by atoms with Crippen molar-refractivity contribution in [1.29, 1.82) is 0 Å². The number of sulfonamides is 1. The molecule has 3 rings (SSSR count). The van der Waals surface area contributed by atoms with Crippen LogP contribution in [0.15, 0.2) is 41.4 Å². The van der Waals surface area contributed by atoms with Gasteiger partial charge in [-0.3, -0.25) is 0 Å². The summed E-state index contributed by atoms with van der Waals surface area (Å²) in [5, 5.41) is 0. The number of aromatic nitrogens is 1. The minimum absolute atomic E-state index is 0.0737. The number of hydrogen-bond donors (Lipinski definition) is 1. The van der Waals surface area contributed by atoms with Gasteiger partial charge in [0.15, 0.2) is 0 Å². The van der Waals surface area contributed by atoms with Gasteiger partial charge in [-0.25, -0.2) is 27.7 Å². The Balaban J connectivity index is 1.84. The highest BCUT2D eigenvalue weighted by atomic mass is 32.2. The van der Waals surface area contributed by atoms with Gasteiger partial charge in [0, 0.05) is 18.3 Å². The van der Waals surface area contributed by atoms with Crippen molar-refractivity contribution in [3.63, 3.8) is 0 Å². The van der Waals surface area contributed by atoms with Gasteiger partial charge in [-0.1, -0.05) is 6.07 Å². The van der Waals surface area contributed by atoms with Crippen LogP contribution in [0.4, 0.5) is 0 Å². The monoisotopic (exact) mass is 448 g/mol. The van der Waals surface area contributed by atoms with Gasteiger partial charge < -0.3 is 14.2 Å². The summed E-state index contributed by atoms with van der Waals surface area (Å²) in [6, 6.07) is 6.91. The van der Waals surface area contributed by atoms with E-state index in [1.807, 2.05) is 0 Å². The summed E-state index contributed by atoms with van der Waals surface area (Å²) in [5.41, 5.74) is 0.408. The Morgan fingerprint density at radius 1 is 1.06 bits per heavy atom. The zero-order chi connectivity index (χ0) is 22.4. The summed E-state index contributed by atoms with van der Waals surface area (Å²) >= 11 is 0. The lowest BCUT2D eigenvalue weighted by Crippen LogP contribution is -2.25. The molecule has 1 saturated carbocycles. The quantitative estimate of drug-likeness (QED) is 0.612. The van der Waals surface area contributed by atoms with E-state index in [-0.39, 0.29) is 28.7 Å². The van der Waals surface area contributed by atoms with Crippen LogP contribution in [0.2, 0.25) is 0 Å². The standard InChI is InChI=1S/C21H24N2O7S/c1-28-20(24)15-10-16(21(25)29-2)12-18(11-15)31(26,27)23-13-14-6-5-9-22-19(14)30-17-7-3-4-8-17/h5-6,9-12,17,23H,3-4,7-8,13H2,1-2H3. The van der Waals surface area contributed by atoms with E-state index in [4.69, 9.17) is 4.74 Å². The summed E-state index contributed by atoms with van der Waals surface area (Å²) in [7, 11) is -1.76. The van der Waals surface area contributed by atoms with E-state index >= 15 is 0 Å². The molecule has 2 aromatic rings. The molecular formula is C21H24N2O7S. The van der Waals surface area contributed by atoms with Gasteiger partial charge in [0.2, 0.25) is 15.9 Å². The molecule has 1 aliphatic carbocycles. The zero-order valence-corrected chi connectivity index (χ0v) is 18.1. The predicted octanol–water partition coefficient (Wildman–Crippen LogP) is 2.45. The molecule has 9 nitrogen and oxygen atoms in total. The lowest BCUT2D eigenvalue weighted by Gasteiger charge is -2.16. The van der Waals surface area contributed by atoms with Crippen LogP contribution in [-0.2, 0) is 26.0 Å². The molecule has 1 heterocycles. The normalized spacial score (nSPS) is 14.3. The zero-order valence-electron chi connectivity index (χ0n) is 17.3. The lowest BCUT2D eigenvalue weighted by atomic mass is 10.1. The number of nitrogens with one attached hydrogen (secondary N) is 1. The molecule has 0 amide bonds. The molecule has 0 bridgehead atoms. The summed E-state index contributed by atoms with van der Waals surface area (Å²) in [4.78, 5) is 27.8. The van der Waals surface area contributed by atoms with Gasteiger partial charge in [-0.2, -0.15) is 0 Å². The highest BCUT2D eigenvalue weighted by molar-refractivity contribution is 7.89. The number of hydrogen-bond acceptors (Lipinski definition) is 8. The van der Waals surface area contributed by atoms with E-state index in [0.717, 1.165) is 52.0 Å². The van der Waals surface area contributed by atoms with E-state index in [9.17, 15) is 18.0 Å². The first kappa shape index (κ1) is 22.7. The number of pyridine rings is 1. The van der Waals surface area contributed by atoms with E-state index in [1.165, 1.54) is 6.07 Å². The van der Waals surface area contributed by atoms with Crippen molar-refractivity contribution in [3.05, 3.63) is 53.2 Å². The summed E-state index contributed by atoms with van der Waals surface area (Å²) < 4.78 is 43.5. The molecule has 166 valence electrons. The van der Waals surface area contributed by atoms with Crippen LogP contribution in [-0.4, -0.2) is 45.7 Å². The van der Waals surface area contributed by atoms with Crippen molar-refractivity contribution in [3.8, 4) is 5.88 Å². The highest BCUT2D eigenvalue weighted by Crippen LogP contribution is 2.25. The lowest BCUT2D eigenvalue weighted by molar-refractivity contribution is 0.0598. The first-order chi connectivity index (χ1) is 14.8. The third kappa shape index (κ3) is 5.59. The number of carbonyl (C=O) groups is 2. The Bertz CT molecular complexity index is 1030. The van der Waals surface area contributed by atoms with Crippen molar-refractivity contribution in [2.45, 2.75) is 43.2 Å². The molecule has 31 heavy (non-hydrogen) atoms. The van der Waals surface area contributed by atoms with Gasteiger partial charge in [0.25, 0.3) is 0 Å². The average Bonchev–Trinajstić information content (AvgIpc) is 3.30. The van der Waals surface area contributed by atoms with Crippen molar-refractivity contribution >= 4 is 22.0 Å². The van der Waals surface area contributed by atoms with Crippen LogP contribution >= 0.6 is 0 Å². The molecular weight excluding hydrogens is 424 g/mol. The molecule has 0 atom stereocenters. The highest BCUT2D eigenvalue weighted by Gasteiger charge is 2.23. The van der Waals surface area contributed by atoms with Crippen molar-refractivity contribution in [1.82, 2.24) is 9.71 Å². The summed E-state index contributed by atoms with van der Waals surface area (Å²) in [6.07, 6.45) is 5.74. The molecule has 0 spiro atoms. The Labute approximate surface area is 180 Å². The van der Waals surface area contributed by atoms with Crippen molar-refractivity contribution in [2.75, 3.05) is 14.2 Å². The Kier molecular flexibility index (Phi) is 7.24. The van der Waals surface area contributed by atoms with E-state index in [2.05, 4.69) is 19.2 Å². The SMILES string of the molecule is COC(=O)c1cc(C(=O)OC)cc(S(=O)(=O)NCc2cccnc2OC2CCCC2)c1. The molecule has 0 saturated heterocycles. The second-order valence-corrected chi connectivity index (χ2v) is 8.81. The topological polar surface area (TPSA) is 121 Å². The number of benzene rings is 1. The number of methoxy groups -OCH3 is 2. The Hall–Kier alpha value is -2.98. The Morgan fingerprint density at radius 3 is 2.26 bits per heavy atom. The number of ether oxygens (including phenoxy) is 3. The van der Waals surface area contributed by atoms with Crippen molar-refractivity contribution in [2.24, 2.45) is 0 Å². The molecule has 1 fully saturated rings. The number of carbonyl (C=O) groups excluding carboxylic acids is 2. The minimum Gasteiger partial charge on any atom is -0.474 e. The minimum atomic E-state index is -4.08. The fourth-order valence-electron chi connectivity index (χ4n) is 3.31. The fraction of sp³-hybridized carbons (Fsp3) is 0.381. The molecule has 0 unspecified atom stereocenters. The van der Waals surface area contributed by atoms with E-state index in [0.29, 0.717) is 11.4 Å². The van der Waals surface area contributed by atoms with Crippen molar-refractivity contribution < 1.29 is 32.2 Å². The molecule has 10 heteroatoms. The van der Waals surface area contributed by atoms with Crippen LogP contribution in [0.1, 0.15) is 52.0 Å². The third-order valence-corrected chi connectivity index (χ3v) is 6.32. The maximum absolute atomic E-state index is 12.9. The smallest absolute Gasteiger partial charge is 0.337 e. The van der Waals surface area contributed by atoms with Gasteiger partial charge in [0.05, 0.1) is 30.2 Å². The maximum atomic E-state index is 12.9. The third-order valence-electron chi connectivity index (χ3n) is 4.94. The van der Waals surface area contributed by atoms with Gasteiger partial charge in [-0.15, -0.1) is 0 Å². The second kappa shape index (κ2) is 9.88. The van der Waals surface area contributed by atoms with Crippen LogP contribution in [0.5, 0.6) is 5.88 Å². The van der Waals surface area contributed by atoms with Gasteiger partial charge in [0.1, 0.15) is 6.10 Å². The maximum Gasteiger partial charge on any atom is 0.337 e. The molecule has 1 aliphatic rings. The predicted molar refractivity (Wildman–Crippen MR) is 110 cm³/mol. The fourth-order valence-corrected chi connectivity index (χ4v) is 4.39. The van der Waals surface area contributed by atoms with Crippen LogP contribution < -0.4 is 9.46 Å². The number of esters is 2. The van der Waals surface area contributed by atoms with Crippen LogP contribution in [0, 0.1) is 0 Å². The summed E-state index contributed by atoms with van der Waals surface area (Å²) in [6.45, 7) is -0.0752. The molecule has 0 aliphatic heterocycles.